The first-order valence-corrected chi connectivity index (χ1v) is 32.6. The van der Waals surface area contributed by atoms with Gasteiger partial charge in [-0.15, -0.1) is 0 Å². The molecule has 0 radical (unpaired) electrons. The Bertz CT molecular complexity index is 3030. The molecule has 3 saturated heterocycles. The maximum absolute atomic E-state index is 12.9. The highest BCUT2D eigenvalue weighted by molar-refractivity contribution is 7.86. The zero-order valence-corrected chi connectivity index (χ0v) is 56.3. The summed E-state index contributed by atoms with van der Waals surface area (Å²) in [6, 6.07) is 27.9. The fourth-order valence-corrected chi connectivity index (χ4v) is 10.8. The van der Waals surface area contributed by atoms with Crippen LogP contribution in [0.25, 0.3) is 0 Å². The molecule has 3 aliphatic heterocycles. The summed E-state index contributed by atoms with van der Waals surface area (Å²) >= 11 is 17.9. The number of carbonyl (C=O) groups excluding carboxylic acids is 3. The molecule has 6 heterocycles. The molecule has 1 N–H and O–H groups in total. The van der Waals surface area contributed by atoms with Crippen LogP contribution in [0.5, 0.6) is 0 Å². The van der Waals surface area contributed by atoms with Gasteiger partial charge in [-0.3, -0.25) is 33.3 Å². The SMILES string of the molecule is CC(OS(C)(=O)=O)[C@H]1CN(C(=O)OC(C)(C)C)[C@@H](Cc2ccc(Cl)cc2)CO1.C[C@@H]([C@H]1CN(C(=O)OC(C)(C)C)[C@@H](Cc2ccc(Cl)cc2)CO1)n1cccn1.C[C@H]([C@H]1CN(C(=O)OC(C)(C)C)[C@@H](Cc2ccc(Cl)cc2)CO1)n1cccn1.c1cn[nH]c1. The predicted molar refractivity (Wildman–Crippen MR) is 343 cm³/mol. The van der Waals surface area contributed by atoms with Crippen molar-refractivity contribution >= 4 is 63.2 Å². The molecule has 6 aromatic rings. The van der Waals surface area contributed by atoms with E-state index in [1.807, 2.05) is 156 Å². The van der Waals surface area contributed by atoms with Crippen LogP contribution in [0, 0.1) is 0 Å². The van der Waals surface area contributed by atoms with Gasteiger partial charge in [-0.1, -0.05) is 71.2 Å². The quantitative estimate of drug-likeness (QED) is 0.0838. The second-order valence-corrected chi connectivity index (χ2v) is 28.1. The van der Waals surface area contributed by atoms with Crippen molar-refractivity contribution in [1.82, 2.24) is 44.5 Å². The number of halogens is 3. The van der Waals surface area contributed by atoms with E-state index in [0.29, 0.717) is 60.6 Å². The molecular formula is C64H88Cl3N9O12S. The van der Waals surface area contributed by atoms with Crippen molar-refractivity contribution in [1.29, 1.82) is 0 Å². The van der Waals surface area contributed by atoms with Gasteiger partial charge in [0.2, 0.25) is 0 Å². The lowest BCUT2D eigenvalue weighted by Gasteiger charge is -2.42. The Morgan fingerprint density at radius 2 is 0.865 bits per heavy atom. The summed E-state index contributed by atoms with van der Waals surface area (Å²) in [6.07, 6.45) is 11.0. The van der Waals surface area contributed by atoms with Crippen molar-refractivity contribution in [3.8, 4) is 0 Å². The Hall–Kier alpha value is -6.24. The monoisotopic (exact) mass is 1310 g/mol. The molecule has 0 spiro atoms. The van der Waals surface area contributed by atoms with Gasteiger partial charge < -0.3 is 28.4 Å². The van der Waals surface area contributed by atoms with E-state index in [0.717, 1.165) is 22.9 Å². The smallest absolute Gasteiger partial charge is 0.410 e. The van der Waals surface area contributed by atoms with Gasteiger partial charge in [0.05, 0.1) is 88.1 Å². The molecule has 1 unspecified atom stereocenters. The summed E-state index contributed by atoms with van der Waals surface area (Å²) in [5.41, 5.74) is 1.46. The van der Waals surface area contributed by atoms with Gasteiger partial charge >= 0.3 is 18.3 Å². The molecule has 0 bridgehead atoms. The average Bonchev–Trinajstić information content (AvgIpc) is 3.46. The third-order valence-electron chi connectivity index (χ3n) is 14.2. The van der Waals surface area contributed by atoms with Crippen molar-refractivity contribution in [3.05, 3.63) is 160 Å². The molecule has 21 nitrogen and oxygen atoms in total. The minimum Gasteiger partial charge on any atom is -0.444 e. The van der Waals surface area contributed by atoms with E-state index in [1.165, 1.54) is 0 Å². The number of nitrogens with one attached hydrogen (secondary N) is 1. The van der Waals surface area contributed by atoms with Crippen LogP contribution in [-0.4, -0.2) is 176 Å². The van der Waals surface area contributed by atoms with Gasteiger partial charge in [-0.25, -0.2) is 14.4 Å². The first kappa shape index (κ1) is 71.8. The molecule has 488 valence electrons. The van der Waals surface area contributed by atoms with E-state index in [9.17, 15) is 22.8 Å². The molecule has 3 amide bonds. The zero-order chi connectivity index (χ0) is 65.3. The average molecular weight is 1310 g/mol. The number of ether oxygens (including phenoxy) is 6. The van der Waals surface area contributed by atoms with E-state index in [2.05, 4.69) is 20.4 Å². The van der Waals surface area contributed by atoms with Crippen molar-refractivity contribution in [2.24, 2.45) is 0 Å². The number of aromatic nitrogens is 6. The molecule has 9 atom stereocenters. The molecule has 0 aliphatic carbocycles. The molecule has 9 rings (SSSR count). The first-order chi connectivity index (χ1) is 41.8. The lowest BCUT2D eigenvalue weighted by atomic mass is 10.0. The second-order valence-electron chi connectivity index (χ2n) is 25.2. The van der Waals surface area contributed by atoms with Gasteiger partial charge in [0.1, 0.15) is 29.0 Å². The number of H-pyrrole nitrogens is 1. The first-order valence-electron chi connectivity index (χ1n) is 29.7. The standard InChI is InChI=1S/2C21H28ClN3O3.C19H28ClNO6S.C3H4N2/c2*1-15(25-11-5-10-23-25)19-13-24(20(26)28-21(2,3)4)18(14-27-19)12-16-6-8-17(22)9-7-16;1-13(27-28(5,23)24)17-11-21(18(22)26-19(2,3)4)16(12-25-17)10-14-6-8-15(20)9-7-14;1-2-4-5-3-1/h2*5-11,15,18-19H,12-14H2,1-4H3;6-9,13,16-17H,10-12H2,1-5H3;1-3H,(H,4,5)/t15-,18+,19-;15-,18-,19+;13?,16-,17+;/m100./s1. The lowest BCUT2D eigenvalue weighted by molar-refractivity contribution is -0.0993. The lowest BCUT2D eigenvalue weighted by Crippen LogP contribution is -2.57. The minimum atomic E-state index is -3.63. The van der Waals surface area contributed by atoms with Crippen LogP contribution in [0.4, 0.5) is 14.4 Å². The topological polar surface area (TPSA) is 224 Å². The Labute approximate surface area is 539 Å². The number of morpholine rings is 3. The Morgan fingerprint density at radius 3 is 1.12 bits per heavy atom. The van der Waals surface area contributed by atoms with Crippen LogP contribution in [0.2, 0.25) is 15.1 Å². The summed E-state index contributed by atoms with van der Waals surface area (Å²) in [7, 11) is -3.63. The highest BCUT2D eigenvalue weighted by Gasteiger charge is 2.41. The second kappa shape index (κ2) is 32.7. The maximum Gasteiger partial charge on any atom is 0.410 e. The maximum atomic E-state index is 12.9. The third-order valence-corrected chi connectivity index (χ3v) is 15.6. The summed E-state index contributed by atoms with van der Waals surface area (Å²) in [6.45, 7) is 24.6. The number of nitrogens with zero attached hydrogens (tertiary/aromatic N) is 8. The van der Waals surface area contributed by atoms with Crippen LogP contribution >= 0.6 is 34.8 Å². The van der Waals surface area contributed by atoms with E-state index >= 15 is 0 Å². The van der Waals surface area contributed by atoms with Gasteiger partial charge in [0, 0.05) is 52.2 Å². The van der Waals surface area contributed by atoms with E-state index in [4.69, 9.17) is 67.4 Å². The van der Waals surface area contributed by atoms with Gasteiger partial charge in [0.15, 0.2) is 0 Å². The van der Waals surface area contributed by atoms with Crippen LogP contribution < -0.4 is 0 Å². The molecule has 3 aliphatic rings. The van der Waals surface area contributed by atoms with Crippen LogP contribution in [-0.2, 0) is 62.0 Å². The third kappa shape index (κ3) is 24.5. The Balaban J connectivity index is 0.000000204. The minimum absolute atomic E-state index is 0.0106. The summed E-state index contributed by atoms with van der Waals surface area (Å²) in [5.74, 6) is 0. The van der Waals surface area contributed by atoms with Gasteiger partial charge in [-0.05, 0) is 174 Å². The summed E-state index contributed by atoms with van der Waals surface area (Å²) in [4.78, 5) is 43.8. The highest BCUT2D eigenvalue weighted by Crippen LogP contribution is 2.29. The number of rotatable bonds is 13. The summed E-state index contributed by atoms with van der Waals surface area (Å²) < 4.78 is 66.6. The normalized spacial score (nSPS) is 20.8. The van der Waals surface area contributed by atoms with E-state index in [1.54, 1.807) is 79.3 Å². The zero-order valence-electron chi connectivity index (χ0n) is 53.2. The Morgan fingerprint density at radius 1 is 0.539 bits per heavy atom. The highest BCUT2D eigenvalue weighted by atomic mass is 35.5. The molecule has 25 heteroatoms. The largest absolute Gasteiger partial charge is 0.444 e. The molecule has 3 aromatic heterocycles. The Kier molecular flexibility index (Phi) is 26.4. The number of hydrogen-bond acceptors (Lipinski definition) is 15. The van der Waals surface area contributed by atoms with Crippen LogP contribution in [0.3, 0.4) is 0 Å². The van der Waals surface area contributed by atoms with Crippen molar-refractivity contribution in [3.63, 3.8) is 0 Å². The van der Waals surface area contributed by atoms with Gasteiger partial charge in [0.25, 0.3) is 10.1 Å². The van der Waals surface area contributed by atoms with E-state index < -0.39 is 45.2 Å². The van der Waals surface area contributed by atoms with E-state index in [-0.39, 0.29) is 67.8 Å². The number of benzene rings is 3. The summed E-state index contributed by atoms with van der Waals surface area (Å²) in [5, 5.41) is 16.8. The van der Waals surface area contributed by atoms with Crippen LogP contribution in [0.1, 0.15) is 112 Å². The fourth-order valence-electron chi connectivity index (χ4n) is 9.78. The van der Waals surface area contributed by atoms with Gasteiger partial charge in [-0.2, -0.15) is 23.7 Å². The number of aromatic amines is 1. The fraction of sp³-hybridized carbons (Fsp3) is 0.531. The molecule has 0 saturated carbocycles. The number of carbonyl (C=O) groups is 3. The number of amides is 3. The molecule has 3 aromatic carbocycles. The molecule has 3 fully saturated rings. The predicted octanol–water partition coefficient (Wildman–Crippen LogP) is 12.4. The molecule has 89 heavy (non-hydrogen) atoms. The van der Waals surface area contributed by atoms with Crippen molar-refractivity contribution in [2.75, 3.05) is 45.7 Å². The molecular weight excluding hydrogens is 1230 g/mol. The van der Waals surface area contributed by atoms with Crippen molar-refractivity contribution in [2.45, 2.75) is 174 Å². The number of hydrogen-bond donors (Lipinski definition) is 1. The van der Waals surface area contributed by atoms with Crippen molar-refractivity contribution < 1.29 is 55.4 Å². The van der Waals surface area contributed by atoms with Crippen LogP contribution in [0.15, 0.2) is 128 Å².